The minimum absolute atomic E-state index is 0.369. The highest BCUT2D eigenvalue weighted by molar-refractivity contribution is 6.30. The highest BCUT2D eigenvalue weighted by atomic mass is 35.5. The monoisotopic (exact) mass is 290 g/mol. The lowest BCUT2D eigenvalue weighted by Crippen LogP contribution is -2.11. The number of rotatable bonds is 5. The first-order chi connectivity index (χ1) is 9.56. The van der Waals surface area contributed by atoms with Gasteiger partial charge in [0.2, 0.25) is 5.91 Å². The minimum atomic E-state index is -0.495. The molecule has 0 fully saturated rings. The summed E-state index contributed by atoms with van der Waals surface area (Å²) in [5.41, 5.74) is 13.8. The molecule has 0 aromatic heterocycles. The zero-order valence-corrected chi connectivity index (χ0v) is 11.6. The molecule has 5 heteroatoms. The zero-order chi connectivity index (χ0) is 14.5. The van der Waals surface area contributed by atoms with Gasteiger partial charge in [0.25, 0.3) is 0 Å². The van der Waals surface area contributed by atoms with Crippen molar-refractivity contribution >= 4 is 23.2 Å². The van der Waals surface area contributed by atoms with Crippen LogP contribution < -0.4 is 11.5 Å². The summed E-state index contributed by atoms with van der Waals surface area (Å²) >= 11 is 5.81. The topological polar surface area (TPSA) is 78.3 Å². The Morgan fingerprint density at radius 2 is 1.80 bits per heavy atom. The maximum Gasteiger partial charge on any atom is 0.248 e. The summed E-state index contributed by atoms with van der Waals surface area (Å²) in [6, 6.07) is 12.4. The smallest absolute Gasteiger partial charge is 0.248 e. The van der Waals surface area contributed by atoms with Crippen LogP contribution in [0, 0.1) is 0 Å². The molecule has 2 aromatic carbocycles. The van der Waals surface area contributed by atoms with Crippen molar-refractivity contribution in [3.63, 3.8) is 0 Å². The Hall–Kier alpha value is -2.04. The lowest BCUT2D eigenvalue weighted by atomic mass is 10.1. The second-order valence-corrected chi connectivity index (χ2v) is 4.83. The Morgan fingerprint density at radius 1 is 1.10 bits per heavy atom. The molecule has 0 saturated carbocycles. The van der Waals surface area contributed by atoms with Gasteiger partial charge in [-0.25, -0.2) is 0 Å². The first-order valence-electron chi connectivity index (χ1n) is 6.06. The van der Waals surface area contributed by atoms with E-state index in [0.717, 1.165) is 11.1 Å². The number of nitrogen functional groups attached to an aromatic ring is 1. The summed E-state index contributed by atoms with van der Waals surface area (Å²) in [6.07, 6.45) is 0. The summed E-state index contributed by atoms with van der Waals surface area (Å²) in [5, 5.41) is 0.694. The van der Waals surface area contributed by atoms with E-state index in [2.05, 4.69) is 0 Å². The molecule has 2 rings (SSSR count). The van der Waals surface area contributed by atoms with Crippen molar-refractivity contribution in [2.24, 2.45) is 5.73 Å². The normalized spacial score (nSPS) is 10.4. The molecule has 0 bridgehead atoms. The van der Waals surface area contributed by atoms with E-state index in [9.17, 15) is 4.79 Å². The molecule has 4 nitrogen and oxygen atoms in total. The van der Waals surface area contributed by atoms with E-state index in [4.69, 9.17) is 27.8 Å². The first-order valence-corrected chi connectivity index (χ1v) is 6.44. The van der Waals surface area contributed by atoms with E-state index < -0.39 is 5.91 Å². The number of carbonyl (C=O) groups is 1. The van der Waals surface area contributed by atoms with Gasteiger partial charge in [-0.3, -0.25) is 4.79 Å². The number of anilines is 1. The van der Waals surface area contributed by atoms with Gasteiger partial charge in [-0.15, -0.1) is 0 Å². The van der Waals surface area contributed by atoms with Gasteiger partial charge < -0.3 is 16.2 Å². The summed E-state index contributed by atoms with van der Waals surface area (Å²) in [6.45, 7) is 0.835. The number of amides is 1. The van der Waals surface area contributed by atoms with Crippen molar-refractivity contribution in [1.82, 2.24) is 0 Å². The third-order valence-corrected chi connectivity index (χ3v) is 3.12. The Labute approximate surface area is 122 Å². The highest BCUT2D eigenvalue weighted by Gasteiger charge is 2.05. The van der Waals surface area contributed by atoms with Crippen molar-refractivity contribution < 1.29 is 9.53 Å². The van der Waals surface area contributed by atoms with Crippen molar-refractivity contribution in [3.8, 4) is 0 Å². The second-order valence-electron chi connectivity index (χ2n) is 4.40. The number of halogens is 1. The van der Waals surface area contributed by atoms with E-state index in [0.29, 0.717) is 29.5 Å². The van der Waals surface area contributed by atoms with Crippen molar-refractivity contribution in [2.45, 2.75) is 13.2 Å². The number of nitrogens with two attached hydrogens (primary N) is 2. The van der Waals surface area contributed by atoms with E-state index >= 15 is 0 Å². The largest absolute Gasteiger partial charge is 0.398 e. The molecule has 0 aliphatic heterocycles. The molecule has 0 aliphatic rings. The Bertz CT molecular complexity index is 612. The van der Waals surface area contributed by atoms with Crippen LogP contribution in [0.5, 0.6) is 0 Å². The van der Waals surface area contributed by atoms with Gasteiger partial charge >= 0.3 is 0 Å². The van der Waals surface area contributed by atoms with E-state index in [1.165, 1.54) is 0 Å². The second kappa shape index (κ2) is 6.41. The summed E-state index contributed by atoms with van der Waals surface area (Å²) in [5.74, 6) is -0.495. The Balaban J connectivity index is 1.94. The molecule has 0 atom stereocenters. The first kappa shape index (κ1) is 14.4. The number of ether oxygens (including phenoxy) is 1. The molecule has 4 N–H and O–H groups in total. The van der Waals surface area contributed by atoms with Crippen LogP contribution in [0.15, 0.2) is 42.5 Å². The predicted octanol–water partition coefficient (Wildman–Crippen LogP) is 2.74. The number of benzene rings is 2. The quantitative estimate of drug-likeness (QED) is 0.831. The van der Waals surface area contributed by atoms with Crippen LogP contribution in [0.3, 0.4) is 0 Å². The number of carbonyl (C=O) groups excluding carboxylic acids is 1. The molecular weight excluding hydrogens is 276 g/mol. The molecular formula is C15H15ClN2O2. The van der Waals surface area contributed by atoms with Crippen LogP contribution in [0.1, 0.15) is 21.5 Å². The molecule has 104 valence electrons. The molecule has 0 unspecified atom stereocenters. The van der Waals surface area contributed by atoms with Gasteiger partial charge in [-0.1, -0.05) is 29.8 Å². The summed E-state index contributed by atoms with van der Waals surface area (Å²) in [4.78, 5) is 11.0. The Kier molecular flexibility index (Phi) is 4.61. The van der Waals surface area contributed by atoms with Crippen LogP contribution in [0.4, 0.5) is 5.69 Å². The van der Waals surface area contributed by atoms with Crippen LogP contribution in [-0.2, 0) is 18.0 Å². The highest BCUT2D eigenvalue weighted by Crippen LogP contribution is 2.16. The average molecular weight is 291 g/mol. The molecule has 2 aromatic rings. The lowest BCUT2D eigenvalue weighted by molar-refractivity contribution is 0.0999. The van der Waals surface area contributed by atoms with Crippen molar-refractivity contribution in [2.75, 3.05) is 5.73 Å². The third kappa shape index (κ3) is 3.73. The van der Waals surface area contributed by atoms with Gasteiger partial charge in [-0.2, -0.15) is 0 Å². The van der Waals surface area contributed by atoms with Gasteiger partial charge in [0.05, 0.1) is 13.2 Å². The molecule has 0 spiro atoms. The summed E-state index contributed by atoms with van der Waals surface area (Å²) < 4.78 is 5.59. The fourth-order valence-corrected chi connectivity index (χ4v) is 1.87. The van der Waals surface area contributed by atoms with Crippen molar-refractivity contribution in [3.05, 3.63) is 64.2 Å². The van der Waals surface area contributed by atoms with E-state index in [1.54, 1.807) is 18.2 Å². The SMILES string of the molecule is NC(=O)c1ccc(COCc2ccc(Cl)cc2)c(N)c1. The van der Waals surface area contributed by atoms with Gasteiger partial charge in [-0.05, 0) is 29.8 Å². The Morgan fingerprint density at radius 3 is 2.40 bits per heavy atom. The number of hydrogen-bond acceptors (Lipinski definition) is 3. The van der Waals surface area contributed by atoms with Gasteiger partial charge in [0.1, 0.15) is 0 Å². The van der Waals surface area contributed by atoms with Crippen LogP contribution in [-0.4, -0.2) is 5.91 Å². The molecule has 0 saturated heterocycles. The molecule has 1 amide bonds. The summed E-state index contributed by atoms with van der Waals surface area (Å²) in [7, 11) is 0. The molecule has 0 aliphatic carbocycles. The molecule has 0 heterocycles. The number of primary amides is 1. The van der Waals surface area contributed by atoms with Crippen LogP contribution >= 0.6 is 11.6 Å². The van der Waals surface area contributed by atoms with Crippen molar-refractivity contribution in [1.29, 1.82) is 0 Å². The predicted molar refractivity (Wildman–Crippen MR) is 79.3 cm³/mol. The fraction of sp³-hybridized carbons (Fsp3) is 0.133. The molecule has 20 heavy (non-hydrogen) atoms. The minimum Gasteiger partial charge on any atom is -0.398 e. The van der Waals surface area contributed by atoms with Gasteiger partial charge in [0.15, 0.2) is 0 Å². The lowest BCUT2D eigenvalue weighted by Gasteiger charge is -2.08. The average Bonchev–Trinajstić information content (AvgIpc) is 2.42. The maximum atomic E-state index is 11.0. The van der Waals surface area contributed by atoms with Crippen LogP contribution in [0.25, 0.3) is 0 Å². The number of hydrogen-bond donors (Lipinski definition) is 2. The van der Waals surface area contributed by atoms with E-state index in [-0.39, 0.29) is 0 Å². The standard InChI is InChI=1S/C15H15ClN2O2/c16-13-5-1-10(2-6-13)8-20-9-12-4-3-11(15(18)19)7-14(12)17/h1-7H,8-9,17H2,(H2,18,19). The maximum absolute atomic E-state index is 11.0. The molecule has 0 radical (unpaired) electrons. The fourth-order valence-electron chi connectivity index (χ4n) is 1.74. The zero-order valence-electron chi connectivity index (χ0n) is 10.8. The third-order valence-electron chi connectivity index (χ3n) is 2.87. The van der Waals surface area contributed by atoms with E-state index in [1.807, 2.05) is 24.3 Å². The van der Waals surface area contributed by atoms with Gasteiger partial charge in [0, 0.05) is 21.8 Å². The van der Waals surface area contributed by atoms with Crippen LogP contribution in [0.2, 0.25) is 5.02 Å².